The van der Waals surface area contributed by atoms with E-state index in [1.165, 1.54) is 55.5 Å². The Bertz CT molecular complexity index is 1090. The molecule has 2 rings (SSSR count). The van der Waals surface area contributed by atoms with Gasteiger partial charge in [0.1, 0.15) is 30.8 Å². The highest BCUT2D eigenvalue weighted by molar-refractivity contribution is 7.89. The summed E-state index contributed by atoms with van der Waals surface area (Å²) in [7, 11) is -4.12. The summed E-state index contributed by atoms with van der Waals surface area (Å²) in [5, 5.41) is 12.2. The molecule has 0 bridgehead atoms. The van der Waals surface area contributed by atoms with Gasteiger partial charge in [0, 0.05) is 6.92 Å². The lowest BCUT2D eigenvalue weighted by molar-refractivity contribution is -0.139. The monoisotopic (exact) mass is 460 g/mol. The fraction of sp³-hybridized carbons (Fsp3) is 0.273. The molecule has 0 saturated heterocycles. The van der Waals surface area contributed by atoms with Gasteiger partial charge in [0.2, 0.25) is 15.9 Å². The van der Waals surface area contributed by atoms with Crippen molar-refractivity contribution in [3.63, 3.8) is 0 Å². The van der Waals surface area contributed by atoms with Gasteiger partial charge in [-0.2, -0.15) is 4.72 Å². The van der Waals surface area contributed by atoms with Crippen LogP contribution in [0.25, 0.3) is 0 Å². The van der Waals surface area contributed by atoms with Gasteiger partial charge in [-0.1, -0.05) is 18.1 Å². The first-order valence-electron chi connectivity index (χ1n) is 9.57. The molecule has 170 valence electrons. The van der Waals surface area contributed by atoms with E-state index in [-0.39, 0.29) is 29.6 Å². The summed E-state index contributed by atoms with van der Waals surface area (Å²) in [5.41, 5.74) is 0.230. The molecule has 2 aromatic carbocycles. The van der Waals surface area contributed by atoms with Crippen LogP contribution < -0.4 is 19.5 Å². The molecule has 2 aromatic rings. The summed E-state index contributed by atoms with van der Waals surface area (Å²) >= 11 is 0. The van der Waals surface area contributed by atoms with Crippen molar-refractivity contribution >= 4 is 21.9 Å². The van der Waals surface area contributed by atoms with Crippen LogP contribution in [0, 0.1) is 11.8 Å². The lowest BCUT2D eigenvalue weighted by Gasteiger charge is -2.16. The van der Waals surface area contributed by atoms with Crippen LogP contribution in [0.15, 0.2) is 53.4 Å². The second kappa shape index (κ2) is 11.7. The van der Waals surface area contributed by atoms with Gasteiger partial charge in [-0.15, -0.1) is 5.92 Å². The zero-order chi connectivity index (χ0) is 23.6. The third kappa shape index (κ3) is 7.61. The Labute approximate surface area is 186 Å². The average molecular weight is 461 g/mol. The van der Waals surface area contributed by atoms with Crippen molar-refractivity contribution in [1.82, 2.24) is 10.0 Å². The number of carboxylic acids is 1. The number of amides is 1. The van der Waals surface area contributed by atoms with E-state index in [1.807, 2.05) is 0 Å². The fourth-order valence-electron chi connectivity index (χ4n) is 2.54. The van der Waals surface area contributed by atoms with Crippen LogP contribution in [0.2, 0.25) is 0 Å². The number of nitrogens with one attached hydrogen (secondary N) is 2. The van der Waals surface area contributed by atoms with Crippen molar-refractivity contribution in [1.29, 1.82) is 0 Å². The van der Waals surface area contributed by atoms with E-state index in [4.69, 9.17) is 9.47 Å². The first-order chi connectivity index (χ1) is 15.2. The van der Waals surface area contributed by atoms with Crippen molar-refractivity contribution in [2.24, 2.45) is 0 Å². The third-order valence-electron chi connectivity index (χ3n) is 4.10. The fourth-order valence-corrected chi connectivity index (χ4v) is 3.72. The largest absolute Gasteiger partial charge is 0.492 e. The molecule has 0 heterocycles. The predicted molar refractivity (Wildman–Crippen MR) is 117 cm³/mol. The van der Waals surface area contributed by atoms with E-state index >= 15 is 0 Å². The number of sulfonamides is 1. The molecule has 0 fully saturated rings. The molecule has 3 N–H and O–H groups in total. The highest BCUT2D eigenvalue weighted by Crippen LogP contribution is 2.22. The molecule has 10 heteroatoms. The molecule has 9 nitrogen and oxygen atoms in total. The van der Waals surface area contributed by atoms with E-state index in [9.17, 15) is 23.1 Å². The number of carboxylic acid groups (broad SMARTS) is 1. The topological polar surface area (TPSA) is 131 Å². The van der Waals surface area contributed by atoms with Crippen LogP contribution in [0.1, 0.15) is 25.5 Å². The zero-order valence-corrected chi connectivity index (χ0v) is 18.4. The van der Waals surface area contributed by atoms with Gasteiger partial charge in [-0.05, 0) is 48.9 Å². The maximum atomic E-state index is 12.7. The van der Waals surface area contributed by atoms with Gasteiger partial charge in [-0.3, -0.25) is 9.59 Å². The van der Waals surface area contributed by atoms with Crippen LogP contribution in [0.5, 0.6) is 11.5 Å². The smallest absolute Gasteiger partial charge is 0.326 e. The summed E-state index contributed by atoms with van der Waals surface area (Å²) in [6.07, 6.45) is 0. The van der Waals surface area contributed by atoms with Crippen LogP contribution >= 0.6 is 0 Å². The first kappa shape index (κ1) is 24.7. The van der Waals surface area contributed by atoms with Crippen LogP contribution in [0.4, 0.5) is 0 Å². The summed E-state index contributed by atoms with van der Waals surface area (Å²) < 4.78 is 38.4. The molecule has 1 atom stereocenters. The van der Waals surface area contributed by atoms with Crippen molar-refractivity contribution < 1.29 is 32.6 Å². The number of carbonyl (C=O) groups excluding carboxylic acids is 1. The minimum Gasteiger partial charge on any atom is -0.492 e. The first-order valence-corrected chi connectivity index (χ1v) is 11.1. The predicted octanol–water partition coefficient (Wildman–Crippen LogP) is 1.71. The van der Waals surface area contributed by atoms with E-state index in [0.29, 0.717) is 18.0 Å². The molecule has 0 spiro atoms. The molecule has 1 amide bonds. The van der Waals surface area contributed by atoms with Crippen LogP contribution in [-0.2, 0) is 19.6 Å². The summed E-state index contributed by atoms with van der Waals surface area (Å²) in [6, 6.07) is 10.1. The van der Waals surface area contributed by atoms with Crippen molar-refractivity contribution in [2.75, 3.05) is 19.8 Å². The second-order valence-corrected chi connectivity index (χ2v) is 8.19. The van der Waals surface area contributed by atoms with Crippen LogP contribution in [-0.4, -0.2) is 45.2 Å². The number of rotatable bonds is 11. The normalized spacial score (nSPS) is 11.6. The SMILES string of the molecule is CC#CCOc1ccc(S(=O)(=O)NC(C(=O)O)c2ccc(OCCNC(C)=O)cc2)cc1. The third-order valence-corrected chi connectivity index (χ3v) is 5.54. The lowest BCUT2D eigenvalue weighted by Crippen LogP contribution is -2.33. The Hall–Kier alpha value is -3.55. The Morgan fingerprint density at radius 3 is 2.19 bits per heavy atom. The van der Waals surface area contributed by atoms with Crippen LogP contribution in [0.3, 0.4) is 0 Å². The number of aliphatic carboxylic acids is 1. The highest BCUT2D eigenvalue weighted by atomic mass is 32.2. The maximum Gasteiger partial charge on any atom is 0.326 e. The molecule has 0 aliphatic carbocycles. The molecule has 0 aliphatic heterocycles. The summed E-state index contributed by atoms with van der Waals surface area (Å²) in [5.74, 6) is 4.77. The number of hydrogen-bond donors (Lipinski definition) is 3. The minimum absolute atomic E-state index is 0.101. The lowest BCUT2D eigenvalue weighted by atomic mass is 10.1. The Morgan fingerprint density at radius 1 is 1.03 bits per heavy atom. The number of carbonyl (C=O) groups is 2. The maximum absolute atomic E-state index is 12.7. The summed E-state index contributed by atoms with van der Waals surface area (Å²) in [4.78, 5) is 22.5. The van der Waals surface area contributed by atoms with E-state index < -0.39 is 22.0 Å². The molecular formula is C22H24N2O7S. The highest BCUT2D eigenvalue weighted by Gasteiger charge is 2.27. The van der Waals surface area contributed by atoms with Gasteiger partial charge in [-0.25, -0.2) is 8.42 Å². The molecule has 0 radical (unpaired) electrons. The molecular weight excluding hydrogens is 436 g/mol. The zero-order valence-electron chi connectivity index (χ0n) is 17.6. The van der Waals surface area contributed by atoms with E-state index in [2.05, 4.69) is 21.9 Å². The Kier molecular flexibility index (Phi) is 9.07. The Balaban J connectivity index is 2.07. The van der Waals surface area contributed by atoms with Gasteiger partial charge < -0.3 is 19.9 Å². The summed E-state index contributed by atoms with van der Waals surface area (Å²) in [6.45, 7) is 3.81. The minimum atomic E-state index is -4.12. The number of benzene rings is 2. The number of hydrogen-bond acceptors (Lipinski definition) is 6. The quantitative estimate of drug-likeness (QED) is 0.344. The average Bonchev–Trinajstić information content (AvgIpc) is 2.76. The molecule has 0 aliphatic rings. The molecule has 0 saturated carbocycles. The number of ether oxygens (including phenoxy) is 2. The molecule has 32 heavy (non-hydrogen) atoms. The van der Waals surface area contributed by atoms with Gasteiger partial charge in [0.05, 0.1) is 11.4 Å². The van der Waals surface area contributed by atoms with Crippen molar-refractivity contribution in [3.8, 4) is 23.3 Å². The molecule has 0 aromatic heterocycles. The van der Waals surface area contributed by atoms with Gasteiger partial charge in [0.15, 0.2) is 0 Å². The van der Waals surface area contributed by atoms with Gasteiger partial charge >= 0.3 is 5.97 Å². The Morgan fingerprint density at radius 2 is 1.62 bits per heavy atom. The van der Waals surface area contributed by atoms with E-state index in [1.54, 1.807) is 6.92 Å². The van der Waals surface area contributed by atoms with E-state index in [0.717, 1.165) is 0 Å². The van der Waals surface area contributed by atoms with Gasteiger partial charge in [0.25, 0.3) is 0 Å². The van der Waals surface area contributed by atoms with Crippen molar-refractivity contribution in [2.45, 2.75) is 24.8 Å². The molecule has 1 unspecified atom stereocenters. The van der Waals surface area contributed by atoms with Crippen molar-refractivity contribution in [3.05, 3.63) is 54.1 Å². The standard InChI is InChI=1S/C22H24N2O7S/c1-3-4-14-30-19-9-11-20(12-10-19)32(28,29)24-21(22(26)27)17-5-7-18(8-6-17)31-15-13-23-16(2)25/h5-12,21,24H,13-15H2,1-2H3,(H,23,25)(H,26,27). The second-order valence-electron chi connectivity index (χ2n) is 6.48.